The molecule has 4 aromatic rings. The average Bonchev–Trinajstić information content (AvgIpc) is 3.47. The third-order valence-electron chi connectivity index (χ3n) is 6.41. The van der Waals surface area contributed by atoms with Gasteiger partial charge in [0.1, 0.15) is 5.69 Å². The molecule has 8 nitrogen and oxygen atoms in total. The number of hydrogen-bond acceptors (Lipinski definition) is 6. The van der Waals surface area contributed by atoms with Crippen LogP contribution in [-0.4, -0.2) is 41.9 Å². The summed E-state index contributed by atoms with van der Waals surface area (Å²) in [5, 5.41) is 15.3. The summed E-state index contributed by atoms with van der Waals surface area (Å²) in [4.78, 5) is 28.0. The Morgan fingerprint density at radius 2 is 1.50 bits per heavy atom. The number of nitrogens with one attached hydrogen (secondary N) is 1. The van der Waals surface area contributed by atoms with E-state index < -0.39 is 0 Å². The number of amides is 1. The Morgan fingerprint density at radius 1 is 0.861 bits per heavy atom. The van der Waals surface area contributed by atoms with E-state index in [0.29, 0.717) is 37.6 Å². The van der Waals surface area contributed by atoms with Gasteiger partial charge >= 0.3 is 0 Å². The lowest BCUT2D eigenvalue weighted by Crippen LogP contribution is -2.48. The molecule has 1 aliphatic heterocycles. The molecule has 1 N–H and O–H groups in total. The lowest BCUT2D eigenvalue weighted by Gasteiger charge is -2.36. The zero-order valence-corrected chi connectivity index (χ0v) is 19.6. The van der Waals surface area contributed by atoms with Crippen LogP contribution in [0.4, 0.5) is 17.1 Å². The lowest BCUT2D eigenvalue weighted by atomic mass is 9.98. The number of piperazine rings is 1. The van der Waals surface area contributed by atoms with Gasteiger partial charge in [-0.05, 0) is 35.4 Å². The van der Waals surface area contributed by atoms with Crippen LogP contribution in [0.2, 0.25) is 0 Å². The van der Waals surface area contributed by atoms with E-state index in [4.69, 9.17) is 4.42 Å². The van der Waals surface area contributed by atoms with Crippen LogP contribution in [-0.2, 0) is 0 Å². The Bertz CT molecular complexity index is 1280. The Morgan fingerprint density at radius 3 is 2.06 bits per heavy atom. The molecule has 5 rings (SSSR count). The van der Waals surface area contributed by atoms with Crippen LogP contribution in [0.5, 0.6) is 0 Å². The van der Waals surface area contributed by atoms with Crippen molar-refractivity contribution in [3.05, 3.63) is 124 Å². The molecule has 36 heavy (non-hydrogen) atoms. The van der Waals surface area contributed by atoms with Crippen molar-refractivity contribution in [2.75, 3.05) is 36.4 Å². The highest BCUT2D eigenvalue weighted by atomic mass is 16.6. The quantitative estimate of drug-likeness (QED) is 0.282. The van der Waals surface area contributed by atoms with Crippen molar-refractivity contribution in [1.29, 1.82) is 0 Å². The summed E-state index contributed by atoms with van der Waals surface area (Å²) in [5.74, 6) is 0.206. The molecular formula is C28H26N4O4. The van der Waals surface area contributed by atoms with Crippen LogP contribution in [0, 0.1) is 10.1 Å². The summed E-state index contributed by atoms with van der Waals surface area (Å²) in [6.07, 6.45) is 1.49. The van der Waals surface area contributed by atoms with E-state index >= 15 is 0 Å². The zero-order valence-electron chi connectivity index (χ0n) is 19.6. The zero-order chi connectivity index (χ0) is 24.9. The van der Waals surface area contributed by atoms with Gasteiger partial charge in [-0.2, -0.15) is 0 Å². The van der Waals surface area contributed by atoms with Crippen molar-refractivity contribution < 1.29 is 14.1 Å². The van der Waals surface area contributed by atoms with Crippen LogP contribution in [0.3, 0.4) is 0 Å². The van der Waals surface area contributed by atoms with Gasteiger partial charge in [0.15, 0.2) is 5.76 Å². The molecule has 2 heterocycles. The molecule has 0 aliphatic carbocycles. The Labute approximate surface area is 208 Å². The number of carbonyl (C=O) groups is 1. The first kappa shape index (κ1) is 23.2. The predicted molar refractivity (Wildman–Crippen MR) is 138 cm³/mol. The van der Waals surface area contributed by atoms with Crippen LogP contribution >= 0.6 is 0 Å². The van der Waals surface area contributed by atoms with E-state index in [0.717, 1.165) is 16.8 Å². The maximum atomic E-state index is 12.6. The summed E-state index contributed by atoms with van der Waals surface area (Å²) in [7, 11) is 0. The maximum Gasteiger partial charge on any atom is 0.292 e. The number of benzene rings is 3. The second-order valence-electron chi connectivity index (χ2n) is 8.61. The van der Waals surface area contributed by atoms with E-state index in [1.165, 1.54) is 6.26 Å². The van der Waals surface area contributed by atoms with Crippen molar-refractivity contribution >= 4 is 23.0 Å². The normalized spacial score (nSPS) is 13.6. The lowest BCUT2D eigenvalue weighted by molar-refractivity contribution is -0.384. The summed E-state index contributed by atoms with van der Waals surface area (Å²) >= 11 is 0. The molecule has 0 saturated carbocycles. The molecule has 1 saturated heterocycles. The first-order chi connectivity index (χ1) is 17.6. The number of furan rings is 1. The molecule has 0 radical (unpaired) electrons. The fourth-order valence-corrected chi connectivity index (χ4v) is 4.52. The molecule has 1 fully saturated rings. The molecule has 182 valence electrons. The average molecular weight is 483 g/mol. The van der Waals surface area contributed by atoms with Crippen molar-refractivity contribution in [3.63, 3.8) is 0 Å². The molecule has 0 spiro atoms. The van der Waals surface area contributed by atoms with Crippen molar-refractivity contribution in [3.8, 4) is 0 Å². The van der Waals surface area contributed by atoms with Gasteiger partial charge in [0.25, 0.3) is 11.6 Å². The van der Waals surface area contributed by atoms with Crippen LogP contribution in [0.1, 0.15) is 27.7 Å². The minimum Gasteiger partial charge on any atom is -0.459 e. The first-order valence-corrected chi connectivity index (χ1v) is 11.8. The number of nitrogens with zero attached hydrogens (tertiary/aromatic N) is 3. The Balaban J connectivity index is 1.40. The highest BCUT2D eigenvalue weighted by molar-refractivity contribution is 5.91. The number of anilines is 2. The van der Waals surface area contributed by atoms with E-state index in [9.17, 15) is 14.9 Å². The van der Waals surface area contributed by atoms with Gasteiger partial charge in [0.2, 0.25) is 0 Å². The molecule has 1 amide bonds. The van der Waals surface area contributed by atoms with Gasteiger partial charge in [0, 0.05) is 37.9 Å². The topological polar surface area (TPSA) is 91.9 Å². The summed E-state index contributed by atoms with van der Waals surface area (Å²) < 4.78 is 5.24. The van der Waals surface area contributed by atoms with Crippen molar-refractivity contribution in [2.24, 2.45) is 0 Å². The number of carbonyl (C=O) groups excluding carboxylic acids is 1. The number of rotatable bonds is 7. The molecule has 0 bridgehead atoms. The van der Waals surface area contributed by atoms with Crippen molar-refractivity contribution in [2.45, 2.75) is 6.04 Å². The highest BCUT2D eigenvalue weighted by Gasteiger charge is 2.26. The van der Waals surface area contributed by atoms with E-state index in [2.05, 4.69) is 10.2 Å². The third kappa shape index (κ3) is 4.93. The minimum absolute atomic E-state index is 0.0160. The van der Waals surface area contributed by atoms with E-state index in [1.54, 1.807) is 29.2 Å². The monoisotopic (exact) mass is 482 g/mol. The number of nitro benzene ring substituents is 1. The maximum absolute atomic E-state index is 12.6. The minimum atomic E-state index is -0.362. The molecule has 8 heteroatoms. The fourth-order valence-electron chi connectivity index (χ4n) is 4.52. The SMILES string of the molecule is O=C(c1ccco1)N1CCN(c2ccc([N+](=O)[O-])c(NC(c3ccccc3)c3ccccc3)c2)CC1. The summed E-state index contributed by atoms with van der Waals surface area (Å²) in [5.41, 5.74) is 3.35. The molecule has 0 unspecified atom stereocenters. The fraction of sp³-hybridized carbons (Fsp3) is 0.179. The van der Waals surface area contributed by atoms with Crippen LogP contribution in [0.15, 0.2) is 102 Å². The van der Waals surface area contributed by atoms with Gasteiger partial charge in [-0.15, -0.1) is 0 Å². The third-order valence-corrected chi connectivity index (χ3v) is 6.41. The summed E-state index contributed by atoms with van der Waals surface area (Å²) in [6.45, 7) is 2.31. The first-order valence-electron chi connectivity index (χ1n) is 11.8. The largest absolute Gasteiger partial charge is 0.459 e. The second kappa shape index (κ2) is 10.4. The predicted octanol–water partition coefficient (Wildman–Crippen LogP) is 5.35. The van der Waals surface area contributed by atoms with Gasteiger partial charge in [0.05, 0.1) is 17.2 Å². The number of nitro groups is 1. The smallest absolute Gasteiger partial charge is 0.292 e. The molecule has 0 atom stereocenters. The summed E-state index contributed by atoms with van der Waals surface area (Å²) in [6, 6.07) is 28.0. The molecule has 1 aromatic heterocycles. The van der Waals surface area contributed by atoms with Crippen LogP contribution < -0.4 is 10.2 Å². The van der Waals surface area contributed by atoms with E-state index in [1.807, 2.05) is 66.7 Å². The van der Waals surface area contributed by atoms with Gasteiger partial charge in [-0.3, -0.25) is 14.9 Å². The standard InChI is InChI=1S/C28H26N4O4/c33-28(26-12-7-19-36-26)31-17-15-30(16-18-31)23-13-14-25(32(34)35)24(20-23)29-27(21-8-3-1-4-9-21)22-10-5-2-6-11-22/h1-14,19-20,27,29H,15-18H2. The highest BCUT2D eigenvalue weighted by Crippen LogP contribution is 2.35. The number of hydrogen-bond donors (Lipinski definition) is 1. The second-order valence-corrected chi connectivity index (χ2v) is 8.61. The van der Waals surface area contributed by atoms with Crippen LogP contribution in [0.25, 0.3) is 0 Å². The Hall–Kier alpha value is -4.59. The van der Waals surface area contributed by atoms with Crippen molar-refractivity contribution in [1.82, 2.24) is 4.90 Å². The molecular weight excluding hydrogens is 456 g/mol. The van der Waals surface area contributed by atoms with Gasteiger partial charge < -0.3 is 19.5 Å². The molecule has 1 aliphatic rings. The van der Waals surface area contributed by atoms with Gasteiger partial charge in [-0.25, -0.2) is 0 Å². The Kier molecular flexibility index (Phi) is 6.66. The molecule has 3 aromatic carbocycles. The van der Waals surface area contributed by atoms with E-state index in [-0.39, 0.29) is 22.6 Å². The van der Waals surface area contributed by atoms with Gasteiger partial charge in [-0.1, -0.05) is 60.7 Å².